The predicted molar refractivity (Wildman–Crippen MR) is 76.8 cm³/mol. The fraction of sp³-hybridized carbons (Fsp3) is 0.562. The van der Waals surface area contributed by atoms with Crippen molar-refractivity contribution in [2.24, 2.45) is 5.92 Å². The number of carbonyl (C=O) groups excluding carboxylic acids is 1. The molecule has 0 aliphatic carbocycles. The van der Waals surface area contributed by atoms with Crippen LogP contribution in [0.4, 0.5) is 4.39 Å². The van der Waals surface area contributed by atoms with Crippen molar-refractivity contribution in [3.8, 4) is 0 Å². The molecule has 106 valence electrons. The maximum absolute atomic E-state index is 13.0. The Morgan fingerprint density at radius 1 is 1.37 bits per heavy atom. The number of halogens is 1. The Kier molecular flexibility index (Phi) is 6.54. The molecular formula is C16H24FNO. The Morgan fingerprint density at radius 2 is 2.11 bits per heavy atom. The first-order chi connectivity index (χ1) is 9.08. The SMILES string of the molecule is CCCCC(CC)CNC(=O)c1ccc(F)cc1C. The molecule has 0 bridgehead atoms. The molecule has 0 aliphatic rings. The van der Waals surface area contributed by atoms with Crippen LogP contribution in [0.5, 0.6) is 0 Å². The van der Waals surface area contributed by atoms with Crippen molar-refractivity contribution in [3.63, 3.8) is 0 Å². The standard InChI is InChI=1S/C16H24FNO/c1-4-6-7-13(5-2)11-18-16(19)15-9-8-14(17)10-12(15)3/h8-10,13H,4-7,11H2,1-3H3,(H,18,19). The lowest BCUT2D eigenvalue weighted by Crippen LogP contribution is -2.29. The molecule has 0 radical (unpaired) electrons. The fourth-order valence-electron chi connectivity index (χ4n) is 2.16. The first-order valence-electron chi connectivity index (χ1n) is 7.12. The first-order valence-corrected chi connectivity index (χ1v) is 7.12. The molecule has 1 unspecified atom stereocenters. The highest BCUT2D eigenvalue weighted by Crippen LogP contribution is 2.13. The third-order valence-corrected chi connectivity index (χ3v) is 3.53. The minimum atomic E-state index is -0.302. The van der Waals surface area contributed by atoms with Crippen molar-refractivity contribution >= 4 is 5.91 Å². The molecule has 0 fully saturated rings. The van der Waals surface area contributed by atoms with Gasteiger partial charge in [-0.05, 0) is 43.0 Å². The molecule has 0 saturated heterocycles. The van der Waals surface area contributed by atoms with E-state index in [1.54, 1.807) is 13.0 Å². The monoisotopic (exact) mass is 265 g/mol. The van der Waals surface area contributed by atoms with Crippen LogP contribution in [-0.4, -0.2) is 12.5 Å². The number of nitrogens with one attached hydrogen (secondary N) is 1. The zero-order valence-electron chi connectivity index (χ0n) is 12.1. The molecule has 0 spiro atoms. The molecule has 0 aromatic heterocycles. The number of amides is 1. The Balaban J connectivity index is 2.54. The Labute approximate surface area is 115 Å². The van der Waals surface area contributed by atoms with E-state index in [1.165, 1.54) is 25.0 Å². The second kappa shape index (κ2) is 7.93. The maximum atomic E-state index is 13.0. The van der Waals surface area contributed by atoms with E-state index in [1.807, 2.05) is 0 Å². The van der Waals surface area contributed by atoms with Crippen LogP contribution in [-0.2, 0) is 0 Å². The summed E-state index contributed by atoms with van der Waals surface area (Å²) in [7, 11) is 0. The number of hydrogen-bond acceptors (Lipinski definition) is 1. The van der Waals surface area contributed by atoms with E-state index >= 15 is 0 Å². The van der Waals surface area contributed by atoms with E-state index in [4.69, 9.17) is 0 Å². The van der Waals surface area contributed by atoms with E-state index in [0.29, 0.717) is 23.6 Å². The van der Waals surface area contributed by atoms with Gasteiger partial charge in [0.05, 0.1) is 0 Å². The van der Waals surface area contributed by atoms with Gasteiger partial charge in [0.25, 0.3) is 5.91 Å². The van der Waals surface area contributed by atoms with Gasteiger partial charge in [-0.1, -0.05) is 33.1 Å². The van der Waals surface area contributed by atoms with Crippen molar-refractivity contribution < 1.29 is 9.18 Å². The average Bonchev–Trinajstić information content (AvgIpc) is 2.38. The lowest BCUT2D eigenvalue weighted by Gasteiger charge is -2.15. The fourth-order valence-corrected chi connectivity index (χ4v) is 2.16. The van der Waals surface area contributed by atoms with Crippen molar-refractivity contribution in [1.29, 1.82) is 0 Å². The quantitative estimate of drug-likeness (QED) is 0.790. The van der Waals surface area contributed by atoms with Crippen molar-refractivity contribution in [3.05, 3.63) is 35.1 Å². The molecular weight excluding hydrogens is 241 g/mol. The maximum Gasteiger partial charge on any atom is 0.251 e. The summed E-state index contributed by atoms with van der Waals surface area (Å²) in [5.74, 6) is 0.125. The van der Waals surface area contributed by atoms with E-state index < -0.39 is 0 Å². The van der Waals surface area contributed by atoms with E-state index in [9.17, 15) is 9.18 Å². The van der Waals surface area contributed by atoms with Gasteiger partial charge in [0.2, 0.25) is 0 Å². The number of hydrogen-bond donors (Lipinski definition) is 1. The molecule has 1 atom stereocenters. The summed E-state index contributed by atoms with van der Waals surface area (Å²) in [5.41, 5.74) is 1.24. The van der Waals surface area contributed by atoms with Crippen molar-refractivity contribution in [2.75, 3.05) is 6.54 Å². The molecule has 3 heteroatoms. The molecule has 1 aromatic rings. The smallest absolute Gasteiger partial charge is 0.251 e. The molecule has 0 heterocycles. The normalized spacial score (nSPS) is 12.2. The number of carbonyl (C=O) groups is 1. The molecule has 1 rings (SSSR count). The van der Waals surface area contributed by atoms with Gasteiger partial charge in [0.15, 0.2) is 0 Å². The second-order valence-electron chi connectivity index (χ2n) is 5.09. The molecule has 2 nitrogen and oxygen atoms in total. The largest absolute Gasteiger partial charge is 0.352 e. The van der Waals surface area contributed by atoms with E-state index in [-0.39, 0.29) is 11.7 Å². The zero-order chi connectivity index (χ0) is 14.3. The summed E-state index contributed by atoms with van der Waals surface area (Å²) in [6, 6.07) is 4.27. The van der Waals surface area contributed by atoms with Crippen LogP contribution in [0.3, 0.4) is 0 Å². The topological polar surface area (TPSA) is 29.1 Å². The lowest BCUT2D eigenvalue weighted by atomic mass is 9.99. The van der Waals surface area contributed by atoms with Gasteiger partial charge in [-0.15, -0.1) is 0 Å². The van der Waals surface area contributed by atoms with Gasteiger partial charge < -0.3 is 5.32 Å². The average molecular weight is 265 g/mol. The van der Waals surface area contributed by atoms with E-state index in [2.05, 4.69) is 19.2 Å². The van der Waals surface area contributed by atoms with Crippen LogP contribution in [0.15, 0.2) is 18.2 Å². The highest BCUT2D eigenvalue weighted by Gasteiger charge is 2.12. The summed E-state index contributed by atoms with van der Waals surface area (Å²) in [4.78, 5) is 12.0. The number of benzene rings is 1. The zero-order valence-corrected chi connectivity index (χ0v) is 12.1. The highest BCUT2D eigenvalue weighted by atomic mass is 19.1. The van der Waals surface area contributed by atoms with Gasteiger partial charge in [0.1, 0.15) is 5.82 Å². The molecule has 19 heavy (non-hydrogen) atoms. The molecule has 0 saturated carbocycles. The Hall–Kier alpha value is -1.38. The minimum Gasteiger partial charge on any atom is -0.352 e. The van der Waals surface area contributed by atoms with Crippen LogP contribution in [0.1, 0.15) is 55.5 Å². The van der Waals surface area contributed by atoms with Gasteiger partial charge in [-0.2, -0.15) is 0 Å². The molecule has 1 aromatic carbocycles. The third kappa shape index (κ3) is 5.01. The van der Waals surface area contributed by atoms with Crippen LogP contribution in [0.25, 0.3) is 0 Å². The third-order valence-electron chi connectivity index (χ3n) is 3.53. The number of aryl methyl sites for hydroxylation is 1. The minimum absolute atomic E-state index is 0.104. The summed E-state index contributed by atoms with van der Waals surface area (Å²) < 4.78 is 13.0. The second-order valence-corrected chi connectivity index (χ2v) is 5.09. The first kappa shape index (κ1) is 15.7. The number of rotatable bonds is 7. The van der Waals surface area contributed by atoms with Crippen LogP contribution >= 0.6 is 0 Å². The number of unbranched alkanes of at least 4 members (excludes halogenated alkanes) is 1. The highest BCUT2D eigenvalue weighted by molar-refractivity contribution is 5.95. The van der Waals surface area contributed by atoms with Crippen molar-refractivity contribution in [1.82, 2.24) is 5.32 Å². The van der Waals surface area contributed by atoms with Gasteiger partial charge >= 0.3 is 0 Å². The molecule has 1 N–H and O–H groups in total. The van der Waals surface area contributed by atoms with Crippen LogP contribution in [0.2, 0.25) is 0 Å². The van der Waals surface area contributed by atoms with Crippen LogP contribution in [0, 0.1) is 18.7 Å². The van der Waals surface area contributed by atoms with Gasteiger partial charge in [0, 0.05) is 12.1 Å². The van der Waals surface area contributed by atoms with E-state index in [0.717, 1.165) is 12.8 Å². The molecule has 1 amide bonds. The lowest BCUT2D eigenvalue weighted by molar-refractivity contribution is 0.0945. The van der Waals surface area contributed by atoms with Crippen molar-refractivity contribution in [2.45, 2.75) is 46.5 Å². The van der Waals surface area contributed by atoms with Gasteiger partial charge in [-0.25, -0.2) is 4.39 Å². The Bertz CT molecular complexity index is 417. The predicted octanol–water partition coefficient (Wildman–Crippen LogP) is 4.08. The summed E-state index contributed by atoms with van der Waals surface area (Å²) in [6.45, 7) is 6.78. The van der Waals surface area contributed by atoms with Gasteiger partial charge in [-0.3, -0.25) is 4.79 Å². The molecule has 0 aliphatic heterocycles. The summed E-state index contributed by atoms with van der Waals surface area (Å²) in [6.07, 6.45) is 4.60. The van der Waals surface area contributed by atoms with Crippen LogP contribution < -0.4 is 5.32 Å². The summed E-state index contributed by atoms with van der Waals surface area (Å²) >= 11 is 0. The summed E-state index contributed by atoms with van der Waals surface area (Å²) in [5, 5.41) is 2.96. The Morgan fingerprint density at radius 3 is 2.68 bits per heavy atom.